The standard InChI is InChI=1S/C24H32N4O5S/c1-4-33-24(32)17-8-11-26(12-9-17)23(31)20-16(3)19-21(34-20)25-14-27(22(19)30)13-18(29)28-10-6-5-7-15(28)2/h14-15,17H,4-13H2,1-3H3/t15-/m1/s1. The van der Waals surface area contributed by atoms with Gasteiger partial charge in [0, 0.05) is 25.7 Å². The molecule has 4 rings (SSSR count). The number of aromatic nitrogens is 2. The fraction of sp³-hybridized carbons (Fsp3) is 0.625. The fourth-order valence-electron chi connectivity index (χ4n) is 4.90. The number of ether oxygens (including phenoxy) is 1. The van der Waals surface area contributed by atoms with Crippen LogP contribution in [0.5, 0.6) is 0 Å². The van der Waals surface area contributed by atoms with Crippen molar-refractivity contribution in [2.45, 2.75) is 65.5 Å². The lowest BCUT2D eigenvalue weighted by Crippen LogP contribution is -2.44. The van der Waals surface area contributed by atoms with E-state index in [9.17, 15) is 19.2 Å². The number of carbonyl (C=O) groups is 3. The molecule has 2 aromatic rings. The molecule has 2 fully saturated rings. The molecule has 2 aromatic heterocycles. The maximum absolute atomic E-state index is 13.2. The zero-order valence-electron chi connectivity index (χ0n) is 20.0. The highest BCUT2D eigenvalue weighted by atomic mass is 32.1. The Morgan fingerprint density at radius 3 is 2.56 bits per heavy atom. The Kier molecular flexibility index (Phi) is 7.35. The third-order valence-electron chi connectivity index (χ3n) is 6.94. The van der Waals surface area contributed by atoms with Crippen molar-refractivity contribution in [1.82, 2.24) is 19.4 Å². The van der Waals surface area contributed by atoms with Crippen molar-refractivity contribution >= 4 is 39.3 Å². The van der Waals surface area contributed by atoms with E-state index in [1.165, 1.54) is 22.2 Å². The molecule has 0 unspecified atom stereocenters. The van der Waals surface area contributed by atoms with Gasteiger partial charge in [0.1, 0.15) is 11.4 Å². The molecule has 1 atom stereocenters. The minimum Gasteiger partial charge on any atom is -0.466 e. The number of aryl methyl sites for hydroxylation is 1. The van der Waals surface area contributed by atoms with E-state index in [2.05, 4.69) is 4.98 Å². The number of hydrogen-bond acceptors (Lipinski definition) is 7. The summed E-state index contributed by atoms with van der Waals surface area (Å²) in [6, 6.07) is 0.175. The molecule has 9 nitrogen and oxygen atoms in total. The summed E-state index contributed by atoms with van der Waals surface area (Å²) in [7, 11) is 0. The van der Waals surface area contributed by atoms with Gasteiger partial charge in [-0.05, 0) is 58.4 Å². The van der Waals surface area contributed by atoms with Gasteiger partial charge in [-0.3, -0.25) is 23.7 Å². The highest BCUT2D eigenvalue weighted by Crippen LogP contribution is 2.30. The van der Waals surface area contributed by atoms with Crippen LogP contribution in [0.15, 0.2) is 11.1 Å². The van der Waals surface area contributed by atoms with Crippen molar-refractivity contribution in [3.8, 4) is 0 Å². The largest absolute Gasteiger partial charge is 0.466 e. The molecule has 34 heavy (non-hydrogen) atoms. The summed E-state index contributed by atoms with van der Waals surface area (Å²) in [5.41, 5.74) is 0.306. The SMILES string of the molecule is CCOC(=O)C1CCN(C(=O)c2sc3ncn(CC(=O)N4CCCC[C@H]4C)c(=O)c3c2C)CC1. The van der Waals surface area contributed by atoms with Crippen molar-refractivity contribution in [2.75, 3.05) is 26.2 Å². The Morgan fingerprint density at radius 1 is 1.15 bits per heavy atom. The molecular formula is C24H32N4O5S. The molecule has 0 aromatic carbocycles. The van der Waals surface area contributed by atoms with E-state index in [0.717, 1.165) is 19.3 Å². The summed E-state index contributed by atoms with van der Waals surface area (Å²) in [6.07, 6.45) is 5.61. The molecule has 0 bridgehead atoms. The van der Waals surface area contributed by atoms with Crippen LogP contribution in [0.4, 0.5) is 0 Å². The monoisotopic (exact) mass is 488 g/mol. The summed E-state index contributed by atoms with van der Waals surface area (Å²) in [6.45, 7) is 7.54. The van der Waals surface area contributed by atoms with Gasteiger partial charge in [0.2, 0.25) is 5.91 Å². The molecule has 0 N–H and O–H groups in total. The summed E-state index contributed by atoms with van der Waals surface area (Å²) >= 11 is 1.21. The number of hydrogen-bond donors (Lipinski definition) is 0. The summed E-state index contributed by atoms with van der Waals surface area (Å²) in [4.78, 5) is 60.2. The molecule has 0 saturated carbocycles. The van der Waals surface area contributed by atoms with E-state index in [1.807, 2.05) is 11.8 Å². The first kappa shape index (κ1) is 24.4. The lowest BCUT2D eigenvalue weighted by Gasteiger charge is -2.33. The molecule has 0 radical (unpaired) electrons. The van der Waals surface area contributed by atoms with E-state index in [0.29, 0.717) is 59.7 Å². The number of fused-ring (bicyclic) bond motifs is 1. The van der Waals surface area contributed by atoms with Gasteiger partial charge in [-0.15, -0.1) is 11.3 Å². The van der Waals surface area contributed by atoms with E-state index >= 15 is 0 Å². The van der Waals surface area contributed by atoms with Crippen LogP contribution in [0.25, 0.3) is 10.2 Å². The van der Waals surface area contributed by atoms with E-state index in [-0.39, 0.29) is 41.8 Å². The van der Waals surface area contributed by atoms with Crippen LogP contribution < -0.4 is 5.56 Å². The van der Waals surface area contributed by atoms with Crippen molar-refractivity contribution < 1.29 is 19.1 Å². The number of carbonyl (C=O) groups excluding carboxylic acids is 3. The number of rotatable bonds is 5. The Labute approximate surface area is 202 Å². The predicted molar refractivity (Wildman–Crippen MR) is 129 cm³/mol. The van der Waals surface area contributed by atoms with Crippen LogP contribution in [0, 0.1) is 12.8 Å². The average Bonchev–Trinajstić information content (AvgIpc) is 3.17. The minimum absolute atomic E-state index is 0.0496. The molecule has 0 spiro atoms. The van der Waals surface area contributed by atoms with Crippen LogP contribution in [-0.4, -0.2) is 69.4 Å². The van der Waals surface area contributed by atoms with Crippen LogP contribution in [0.2, 0.25) is 0 Å². The zero-order chi connectivity index (χ0) is 24.4. The van der Waals surface area contributed by atoms with Crippen LogP contribution in [-0.2, 0) is 20.9 Å². The third-order valence-corrected chi connectivity index (χ3v) is 8.13. The van der Waals surface area contributed by atoms with Gasteiger partial charge >= 0.3 is 5.97 Å². The highest BCUT2D eigenvalue weighted by molar-refractivity contribution is 7.20. The number of nitrogens with zero attached hydrogens (tertiary/aromatic N) is 4. The molecule has 0 aliphatic carbocycles. The second-order valence-corrected chi connectivity index (χ2v) is 10.2. The molecular weight excluding hydrogens is 456 g/mol. The minimum atomic E-state index is -0.295. The Balaban J connectivity index is 1.51. The van der Waals surface area contributed by atoms with Crippen molar-refractivity contribution in [3.05, 3.63) is 27.1 Å². The highest BCUT2D eigenvalue weighted by Gasteiger charge is 2.31. The smallest absolute Gasteiger partial charge is 0.309 e. The molecule has 2 saturated heterocycles. The first-order chi connectivity index (χ1) is 16.3. The van der Waals surface area contributed by atoms with Crippen LogP contribution >= 0.6 is 11.3 Å². The second kappa shape index (κ2) is 10.2. The van der Waals surface area contributed by atoms with E-state index in [1.54, 1.807) is 18.7 Å². The number of likely N-dealkylation sites (tertiary alicyclic amines) is 2. The lowest BCUT2D eigenvalue weighted by molar-refractivity contribution is -0.149. The molecule has 184 valence electrons. The summed E-state index contributed by atoms with van der Waals surface area (Å²) in [5.74, 6) is -0.608. The molecule has 2 aliphatic heterocycles. The quantitative estimate of drug-likeness (QED) is 0.600. The number of thiophene rings is 1. The molecule has 2 aliphatic rings. The first-order valence-electron chi connectivity index (χ1n) is 12.1. The normalized spacial score (nSPS) is 19.4. The third kappa shape index (κ3) is 4.73. The predicted octanol–water partition coefficient (Wildman–Crippen LogP) is 2.58. The van der Waals surface area contributed by atoms with Gasteiger partial charge in [-0.1, -0.05) is 0 Å². The van der Waals surface area contributed by atoms with Gasteiger partial charge in [0.25, 0.3) is 11.5 Å². The van der Waals surface area contributed by atoms with Crippen LogP contribution in [0.3, 0.4) is 0 Å². The lowest BCUT2D eigenvalue weighted by atomic mass is 9.97. The van der Waals surface area contributed by atoms with Crippen molar-refractivity contribution in [1.29, 1.82) is 0 Å². The average molecular weight is 489 g/mol. The Bertz CT molecular complexity index is 1150. The van der Waals surface area contributed by atoms with Gasteiger partial charge < -0.3 is 14.5 Å². The van der Waals surface area contributed by atoms with Gasteiger partial charge in [-0.2, -0.15) is 0 Å². The van der Waals surface area contributed by atoms with Gasteiger partial charge in [0.05, 0.1) is 29.1 Å². The topological polar surface area (TPSA) is 102 Å². The molecule has 4 heterocycles. The summed E-state index contributed by atoms with van der Waals surface area (Å²) < 4.78 is 6.46. The van der Waals surface area contributed by atoms with Crippen molar-refractivity contribution in [3.63, 3.8) is 0 Å². The van der Waals surface area contributed by atoms with Crippen LogP contribution in [0.1, 0.15) is 61.2 Å². The number of piperidine rings is 2. The number of esters is 1. The fourth-order valence-corrected chi connectivity index (χ4v) is 6.01. The maximum Gasteiger partial charge on any atom is 0.309 e. The van der Waals surface area contributed by atoms with E-state index in [4.69, 9.17) is 4.74 Å². The zero-order valence-corrected chi connectivity index (χ0v) is 20.9. The second-order valence-electron chi connectivity index (χ2n) is 9.16. The molecule has 10 heteroatoms. The van der Waals surface area contributed by atoms with Crippen molar-refractivity contribution in [2.24, 2.45) is 5.92 Å². The van der Waals surface area contributed by atoms with Gasteiger partial charge in [0.15, 0.2) is 0 Å². The molecule has 2 amide bonds. The maximum atomic E-state index is 13.2. The Morgan fingerprint density at radius 2 is 1.88 bits per heavy atom. The first-order valence-corrected chi connectivity index (χ1v) is 12.9. The Hall–Kier alpha value is -2.75. The number of amides is 2. The van der Waals surface area contributed by atoms with Gasteiger partial charge in [-0.25, -0.2) is 4.98 Å². The van der Waals surface area contributed by atoms with E-state index < -0.39 is 0 Å². The summed E-state index contributed by atoms with van der Waals surface area (Å²) in [5, 5.41) is 0.400.